The molecule has 0 bridgehead atoms. The van der Waals surface area contributed by atoms with E-state index in [1.165, 1.54) is 5.56 Å². The predicted octanol–water partition coefficient (Wildman–Crippen LogP) is 4.36. The zero-order valence-electron chi connectivity index (χ0n) is 15.6. The van der Waals surface area contributed by atoms with E-state index in [9.17, 15) is 4.79 Å². The van der Waals surface area contributed by atoms with Crippen molar-refractivity contribution in [3.8, 4) is 5.75 Å². The number of carbonyl (C=O) groups excluding carboxylic acids is 1. The van der Waals surface area contributed by atoms with Gasteiger partial charge in [0.1, 0.15) is 5.75 Å². The van der Waals surface area contributed by atoms with Gasteiger partial charge in [0.25, 0.3) is 5.91 Å². The van der Waals surface area contributed by atoms with Gasteiger partial charge in [0.15, 0.2) is 0 Å². The van der Waals surface area contributed by atoms with Crippen LogP contribution in [0.2, 0.25) is 0 Å². The molecular weight excluding hydrogens is 310 g/mol. The molecule has 1 N–H and O–H groups in total. The number of benzene rings is 2. The van der Waals surface area contributed by atoms with Crippen molar-refractivity contribution in [1.29, 1.82) is 0 Å². The average Bonchev–Trinajstić information content (AvgIpc) is 2.89. The van der Waals surface area contributed by atoms with Crippen LogP contribution in [-0.2, 0) is 11.8 Å². The number of amides is 1. The molecular formula is C22H27NO2. The number of carbonyl (C=O) groups is 1. The second-order valence-corrected chi connectivity index (χ2v) is 8.47. The second-order valence-electron chi connectivity index (χ2n) is 8.47. The molecule has 25 heavy (non-hydrogen) atoms. The molecule has 0 aliphatic carbocycles. The van der Waals surface area contributed by atoms with Crippen LogP contribution in [0.1, 0.15) is 49.2 Å². The normalized spacial score (nSPS) is 19.2. The molecule has 0 spiro atoms. The first-order valence-electron chi connectivity index (χ1n) is 8.86. The quantitative estimate of drug-likeness (QED) is 0.900. The summed E-state index contributed by atoms with van der Waals surface area (Å²) in [6.45, 7) is 9.84. The molecule has 0 saturated carbocycles. The van der Waals surface area contributed by atoms with Crippen molar-refractivity contribution in [2.45, 2.75) is 39.5 Å². The van der Waals surface area contributed by atoms with Crippen molar-refractivity contribution in [3.63, 3.8) is 0 Å². The lowest BCUT2D eigenvalue weighted by molar-refractivity contribution is 0.0939. The van der Waals surface area contributed by atoms with Gasteiger partial charge in [-0.25, -0.2) is 0 Å². The number of hydrogen-bond acceptors (Lipinski definition) is 2. The van der Waals surface area contributed by atoms with E-state index in [1.807, 2.05) is 24.3 Å². The molecule has 3 heteroatoms. The van der Waals surface area contributed by atoms with Gasteiger partial charge in [-0.2, -0.15) is 0 Å². The minimum absolute atomic E-state index is 0.0216. The van der Waals surface area contributed by atoms with E-state index in [2.05, 4.69) is 57.3 Å². The average molecular weight is 337 g/mol. The first kappa shape index (κ1) is 17.5. The fraction of sp³-hybridized carbons (Fsp3) is 0.409. The van der Waals surface area contributed by atoms with Gasteiger partial charge in [-0.15, -0.1) is 0 Å². The van der Waals surface area contributed by atoms with Crippen LogP contribution in [0, 0.1) is 5.41 Å². The Bertz CT molecular complexity index is 761. The summed E-state index contributed by atoms with van der Waals surface area (Å²) in [6.07, 6.45) is 0.897. The van der Waals surface area contributed by atoms with Crippen LogP contribution >= 0.6 is 0 Å². The standard InChI is InChI=1S/C22H27NO2/c1-21(2,3)14-23-20(24)17-10-11-19-18(12-17)22(4,15-25-19)13-16-8-6-5-7-9-16/h5-12H,13-15H2,1-4H3,(H,23,24). The molecule has 1 unspecified atom stereocenters. The Morgan fingerprint density at radius 1 is 1.16 bits per heavy atom. The Balaban J connectivity index is 1.82. The molecule has 0 fully saturated rings. The van der Waals surface area contributed by atoms with E-state index in [4.69, 9.17) is 4.74 Å². The van der Waals surface area contributed by atoms with Crippen molar-refractivity contribution < 1.29 is 9.53 Å². The zero-order chi connectivity index (χ0) is 18.1. The molecule has 1 heterocycles. The van der Waals surface area contributed by atoms with E-state index in [0.29, 0.717) is 18.7 Å². The second kappa shape index (κ2) is 6.55. The third-order valence-electron chi connectivity index (χ3n) is 4.65. The molecule has 3 nitrogen and oxygen atoms in total. The fourth-order valence-electron chi connectivity index (χ4n) is 3.22. The molecule has 1 aliphatic heterocycles. The van der Waals surface area contributed by atoms with Crippen molar-refractivity contribution in [2.75, 3.05) is 13.2 Å². The Morgan fingerprint density at radius 2 is 1.88 bits per heavy atom. The van der Waals surface area contributed by atoms with E-state index >= 15 is 0 Å². The Labute approximate surface area is 150 Å². The van der Waals surface area contributed by atoms with Gasteiger partial charge in [0.2, 0.25) is 0 Å². The summed E-state index contributed by atoms with van der Waals surface area (Å²) in [7, 11) is 0. The maximum atomic E-state index is 12.5. The van der Waals surface area contributed by atoms with Crippen LogP contribution in [0.15, 0.2) is 48.5 Å². The Hall–Kier alpha value is -2.29. The molecule has 132 valence electrons. The SMILES string of the molecule is CC(C)(C)CNC(=O)c1ccc2c(c1)C(C)(Cc1ccccc1)CO2. The highest BCUT2D eigenvalue weighted by molar-refractivity contribution is 5.94. The van der Waals surface area contributed by atoms with Gasteiger partial charge in [-0.05, 0) is 35.6 Å². The van der Waals surface area contributed by atoms with Crippen molar-refractivity contribution in [2.24, 2.45) is 5.41 Å². The molecule has 3 rings (SSSR count). The van der Waals surface area contributed by atoms with Crippen LogP contribution in [0.4, 0.5) is 0 Å². The summed E-state index contributed by atoms with van der Waals surface area (Å²) in [5.74, 6) is 0.873. The summed E-state index contributed by atoms with van der Waals surface area (Å²) < 4.78 is 5.90. The maximum absolute atomic E-state index is 12.5. The third-order valence-corrected chi connectivity index (χ3v) is 4.65. The minimum Gasteiger partial charge on any atom is -0.492 e. The van der Waals surface area contributed by atoms with Gasteiger partial charge in [-0.1, -0.05) is 58.0 Å². The first-order chi connectivity index (χ1) is 11.8. The smallest absolute Gasteiger partial charge is 0.251 e. The lowest BCUT2D eigenvalue weighted by Gasteiger charge is -2.23. The third kappa shape index (κ3) is 4.04. The summed E-state index contributed by atoms with van der Waals surface area (Å²) in [5, 5.41) is 3.03. The number of nitrogens with one attached hydrogen (secondary N) is 1. The predicted molar refractivity (Wildman–Crippen MR) is 101 cm³/mol. The van der Waals surface area contributed by atoms with Crippen LogP contribution in [0.3, 0.4) is 0 Å². The lowest BCUT2D eigenvalue weighted by atomic mass is 9.78. The van der Waals surface area contributed by atoms with E-state index in [-0.39, 0.29) is 16.7 Å². The van der Waals surface area contributed by atoms with Crippen LogP contribution < -0.4 is 10.1 Å². The molecule has 0 radical (unpaired) electrons. The molecule has 1 amide bonds. The van der Waals surface area contributed by atoms with Crippen molar-refractivity contribution in [3.05, 3.63) is 65.2 Å². The van der Waals surface area contributed by atoms with Gasteiger partial charge < -0.3 is 10.1 Å². The summed E-state index contributed by atoms with van der Waals surface area (Å²) in [5.41, 5.74) is 3.06. The van der Waals surface area contributed by atoms with E-state index in [0.717, 1.165) is 17.7 Å². The van der Waals surface area contributed by atoms with Crippen LogP contribution in [0.25, 0.3) is 0 Å². The van der Waals surface area contributed by atoms with Crippen molar-refractivity contribution in [1.82, 2.24) is 5.32 Å². The monoisotopic (exact) mass is 337 g/mol. The molecule has 0 aromatic heterocycles. The van der Waals surface area contributed by atoms with Crippen LogP contribution in [0.5, 0.6) is 5.75 Å². The highest BCUT2D eigenvalue weighted by Crippen LogP contribution is 2.41. The highest BCUT2D eigenvalue weighted by atomic mass is 16.5. The number of ether oxygens (including phenoxy) is 1. The molecule has 1 atom stereocenters. The Morgan fingerprint density at radius 3 is 2.56 bits per heavy atom. The number of rotatable bonds is 4. The Kier molecular flexibility index (Phi) is 4.59. The molecule has 0 saturated heterocycles. The van der Waals surface area contributed by atoms with Gasteiger partial charge >= 0.3 is 0 Å². The molecule has 2 aromatic carbocycles. The summed E-state index contributed by atoms with van der Waals surface area (Å²) in [4.78, 5) is 12.5. The zero-order valence-corrected chi connectivity index (χ0v) is 15.6. The fourth-order valence-corrected chi connectivity index (χ4v) is 3.22. The maximum Gasteiger partial charge on any atom is 0.251 e. The molecule has 2 aromatic rings. The van der Waals surface area contributed by atoms with Gasteiger partial charge in [0.05, 0.1) is 6.61 Å². The summed E-state index contributed by atoms with van der Waals surface area (Å²) in [6, 6.07) is 16.2. The molecule has 1 aliphatic rings. The van der Waals surface area contributed by atoms with E-state index in [1.54, 1.807) is 0 Å². The van der Waals surface area contributed by atoms with Gasteiger partial charge in [-0.3, -0.25) is 4.79 Å². The summed E-state index contributed by atoms with van der Waals surface area (Å²) >= 11 is 0. The van der Waals surface area contributed by atoms with Crippen LogP contribution in [-0.4, -0.2) is 19.1 Å². The van der Waals surface area contributed by atoms with Gasteiger partial charge in [0, 0.05) is 23.1 Å². The van der Waals surface area contributed by atoms with Crippen molar-refractivity contribution >= 4 is 5.91 Å². The topological polar surface area (TPSA) is 38.3 Å². The first-order valence-corrected chi connectivity index (χ1v) is 8.86. The number of fused-ring (bicyclic) bond motifs is 1. The number of hydrogen-bond donors (Lipinski definition) is 1. The lowest BCUT2D eigenvalue weighted by Crippen LogP contribution is -2.32. The van der Waals surface area contributed by atoms with E-state index < -0.39 is 0 Å². The highest BCUT2D eigenvalue weighted by Gasteiger charge is 2.37. The minimum atomic E-state index is -0.114. The largest absolute Gasteiger partial charge is 0.492 e.